The number of benzene rings is 1. The van der Waals surface area contributed by atoms with Gasteiger partial charge in [-0.3, -0.25) is 0 Å². The molecular formula is C21H33FN2. The van der Waals surface area contributed by atoms with E-state index in [4.69, 9.17) is 0 Å². The molecule has 0 spiro atoms. The van der Waals surface area contributed by atoms with Crippen molar-refractivity contribution in [1.82, 2.24) is 10.6 Å². The lowest BCUT2D eigenvalue weighted by atomic mass is 9.45. The van der Waals surface area contributed by atoms with Crippen molar-refractivity contribution < 1.29 is 4.39 Å². The summed E-state index contributed by atoms with van der Waals surface area (Å²) in [7, 11) is 0. The van der Waals surface area contributed by atoms with Crippen LogP contribution in [0.3, 0.4) is 0 Å². The van der Waals surface area contributed by atoms with Crippen LogP contribution < -0.4 is 10.6 Å². The fourth-order valence-corrected chi connectivity index (χ4v) is 4.87. The maximum Gasteiger partial charge on any atom is 0.126 e. The smallest absolute Gasteiger partial charge is 0.126 e. The Labute approximate surface area is 146 Å². The van der Waals surface area contributed by atoms with E-state index in [9.17, 15) is 4.39 Å². The molecule has 1 aromatic rings. The van der Waals surface area contributed by atoms with E-state index in [2.05, 4.69) is 31.4 Å². The van der Waals surface area contributed by atoms with Crippen LogP contribution >= 0.6 is 0 Å². The van der Waals surface area contributed by atoms with Crippen molar-refractivity contribution in [3.8, 4) is 0 Å². The van der Waals surface area contributed by atoms with Crippen LogP contribution in [-0.2, 0) is 6.42 Å². The molecule has 2 bridgehead atoms. The van der Waals surface area contributed by atoms with Gasteiger partial charge in [-0.1, -0.05) is 32.0 Å². The molecule has 134 valence electrons. The van der Waals surface area contributed by atoms with E-state index in [1.54, 1.807) is 6.07 Å². The maximum atomic E-state index is 13.6. The molecule has 2 N–H and O–H groups in total. The van der Waals surface area contributed by atoms with Gasteiger partial charge in [-0.15, -0.1) is 0 Å². The third-order valence-corrected chi connectivity index (χ3v) is 6.71. The molecule has 3 aliphatic rings. The van der Waals surface area contributed by atoms with E-state index in [0.29, 0.717) is 11.5 Å². The molecule has 1 unspecified atom stereocenters. The average Bonchev–Trinajstić information content (AvgIpc) is 2.58. The lowest BCUT2D eigenvalue weighted by Gasteiger charge is -2.60. The number of halogens is 1. The van der Waals surface area contributed by atoms with Crippen molar-refractivity contribution in [1.29, 1.82) is 0 Å². The van der Waals surface area contributed by atoms with E-state index in [1.807, 2.05) is 12.1 Å². The molecule has 24 heavy (non-hydrogen) atoms. The van der Waals surface area contributed by atoms with Crippen LogP contribution in [0, 0.1) is 29.0 Å². The second-order valence-electron chi connectivity index (χ2n) is 8.55. The number of hydrogen-bond acceptors (Lipinski definition) is 2. The second-order valence-corrected chi connectivity index (χ2v) is 8.55. The van der Waals surface area contributed by atoms with Gasteiger partial charge in [0.15, 0.2) is 0 Å². The van der Waals surface area contributed by atoms with Gasteiger partial charge in [0.2, 0.25) is 0 Å². The van der Waals surface area contributed by atoms with Crippen LogP contribution in [0.4, 0.5) is 4.39 Å². The van der Waals surface area contributed by atoms with Crippen molar-refractivity contribution in [2.75, 3.05) is 19.6 Å². The summed E-state index contributed by atoms with van der Waals surface area (Å²) < 4.78 is 13.6. The van der Waals surface area contributed by atoms with Crippen LogP contribution in [0.2, 0.25) is 0 Å². The third kappa shape index (κ3) is 3.83. The molecule has 0 aliphatic heterocycles. The lowest BCUT2D eigenvalue weighted by molar-refractivity contribution is -0.104. The minimum absolute atomic E-state index is 0.0933. The van der Waals surface area contributed by atoms with Gasteiger partial charge >= 0.3 is 0 Å². The first-order chi connectivity index (χ1) is 11.5. The van der Waals surface area contributed by atoms with Crippen LogP contribution in [0.15, 0.2) is 24.3 Å². The summed E-state index contributed by atoms with van der Waals surface area (Å²) in [6.07, 6.45) is 5.03. The Bertz CT molecular complexity index is 540. The quantitative estimate of drug-likeness (QED) is 0.703. The summed E-state index contributed by atoms with van der Waals surface area (Å²) in [6, 6.07) is 7.52. The Morgan fingerprint density at radius 3 is 2.75 bits per heavy atom. The van der Waals surface area contributed by atoms with Gasteiger partial charge in [-0.05, 0) is 80.5 Å². The zero-order valence-corrected chi connectivity index (χ0v) is 15.4. The molecule has 0 heterocycles. The molecule has 4 rings (SSSR count). The number of nitrogens with one attached hydrogen (secondary N) is 2. The normalized spacial score (nSPS) is 29.1. The molecule has 0 saturated heterocycles. The third-order valence-electron chi connectivity index (χ3n) is 6.71. The van der Waals surface area contributed by atoms with Gasteiger partial charge in [-0.25, -0.2) is 4.39 Å². The van der Waals surface area contributed by atoms with Gasteiger partial charge in [0, 0.05) is 12.6 Å². The Kier molecular flexibility index (Phi) is 5.61. The minimum Gasteiger partial charge on any atom is -0.315 e. The summed E-state index contributed by atoms with van der Waals surface area (Å²) in [4.78, 5) is 0. The standard InChI is InChI=1S/C21H33FN2/c1-15(13-23-11-10-16-6-4-5-7-20(16)22)24-14-17-8-9-18-12-19(17)21(18,2)3/h4-7,15,17-19,23-24H,8-14H2,1-3H3/t15?,17-,18-,19-/m0/s1. The minimum atomic E-state index is -0.0933. The summed E-state index contributed by atoms with van der Waals surface area (Å²) in [5.74, 6) is 2.66. The highest BCUT2D eigenvalue weighted by Gasteiger charge is 2.53. The van der Waals surface area contributed by atoms with E-state index in [0.717, 1.165) is 49.4 Å². The highest BCUT2D eigenvalue weighted by Crippen LogP contribution is 2.61. The average molecular weight is 333 g/mol. The highest BCUT2D eigenvalue weighted by atomic mass is 19.1. The van der Waals surface area contributed by atoms with Crippen LogP contribution in [0.25, 0.3) is 0 Å². The van der Waals surface area contributed by atoms with Crippen molar-refractivity contribution in [2.45, 2.75) is 52.5 Å². The first kappa shape index (κ1) is 17.9. The second kappa shape index (κ2) is 7.53. The Morgan fingerprint density at radius 1 is 1.25 bits per heavy atom. The van der Waals surface area contributed by atoms with Crippen LogP contribution in [0.5, 0.6) is 0 Å². The lowest BCUT2D eigenvalue weighted by Crippen LogP contribution is -2.55. The molecule has 2 nitrogen and oxygen atoms in total. The van der Waals surface area contributed by atoms with Gasteiger partial charge in [0.1, 0.15) is 5.82 Å². The molecule has 3 aliphatic carbocycles. The van der Waals surface area contributed by atoms with Crippen LogP contribution in [-0.4, -0.2) is 25.7 Å². The molecule has 3 saturated carbocycles. The van der Waals surface area contributed by atoms with Crippen molar-refractivity contribution in [2.24, 2.45) is 23.2 Å². The van der Waals surface area contributed by atoms with Crippen molar-refractivity contribution in [3.63, 3.8) is 0 Å². The fraction of sp³-hybridized carbons (Fsp3) is 0.714. The molecule has 1 aromatic carbocycles. The maximum absolute atomic E-state index is 13.6. The molecule has 3 heteroatoms. The first-order valence-corrected chi connectivity index (χ1v) is 9.66. The Balaban J connectivity index is 1.32. The fourth-order valence-electron chi connectivity index (χ4n) is 4.87. The number of fused-ring (bicyclic) bond motifs is 2. The topological polar surface area (TPSA) is 24.1 Å². The number of rotatable bonds is 8. The summed E-state index contributed by atoms with van der Waals surface area (Å²) >= 11 is 0. The largest absolute Gasteiger partial charge is 0.315 e. The van der Waals surface area contributed by atoms with E-state index in [1.165, 1.54) is 25.3 Å². The first-order valence-electron chi connectivity index (χ1n) is 9.66. The van der Waals surface area contributed by atoms with Crippen LogP contribution in [0.1, 0.15) is 45.6 Å². The molecule has 0 amide bonds. The zero-order chi connectivity index (χ0) is 17.2. The molecule has 0 radical (unpaired) electrons. The predicted molar refractivity (Wildman–Crippen MR) is 98.5 cm³/mol. The van der Waals surface area contributed by atoms with Crippen molar-refractivity contribution in [3.05, 3.63) is 35.6 Å². The van der Waals surface area contributed by atoms with E-state index in [-0.39, 0.29) is 5.82 Å². The Hall–Kier alpha value is -0.930. The molecule has 0 aromatic heterocycles. The summed E-state index contributed by atoms with van der Waals surface area (Å²) in [5, 5.41) is 7.18. The van der Waals surface area contributed by atoms with Gasteiger partial charge in [0.05, 0.1) is 0 Å². The highest BCUT2D eigenvalue weighted by molar-refractivity contribution is 5.17. The summed E-state index contributed by atoms with van der Waals surface area (Å²) in [5.41, 5.74) is 1.38. The van der Waals surface area contributed by atoms with E-state index < -0.39 is 0 Å². The van der Waals surface area contributed by atoms with Gasteiger partial charge in [0.25, 0.3) is 0 Å². The molecular weight excluding hydrogens is 299 g/mol. The van der Waals surface area contributed by atoms with E-state index >= 15 is 0 Å². The SMILES string of the molecule is CC(CNCCc1ccccc1F)NC[C@@H]1CC[C@H]2C[C@@H]1C2(C)C. The monoisotopic (exact) mass is 332 g/mol. The molecule has 3 fully saturated rings. The number of hydrogen-bond donors (Lipinski definition) is 2. The Morgan fingerprint density at radius 2 is 2.04 bits per heavy atom. The zero-order valence-electron chi connectivity index (χ0n) is 15.4. The van der Waals surface area contributed by atoms with Gasteiger partial charge in [-0.2, -0.15) is 0 Å². The molecule has 4 atom stereocenters. The van der Waals surface area contributed by atoms with Crippen molar-refractivity contribution >= 4 is 0 Å². The summed E-state index contributed by atoms with van der Waals surface area (Å²) in [6.45, 7) is 10.1. The van der Waals surface area contributed by atoms with Gasteiger partial charge < -0.3 is 10.6 Å². The predicted octanol–water partition coefficient (Wildman–Crippen LogP) is 4.01.